The molecule has 3 rings (SSSR count). The normalized spacial score (nSPS) is 28.1. The average Bonchev–Trinajstić information content (AvgIpc) is 2.80. The van der Waals surface area contributed by atoms with Crippen molar-refractivity contribution in [1.29, 1.82) is 0 Å². The maximum absolute atomic E-state index is 9.83. The zero-order chi connectivity index (χ0) is 9.87. The van der Waals surface area contributed by atoms with Crippen molar-refractivity contribution >= 4 is 0 Å². The molecule has 76 valence electrons. The molecule has 0 aromatic carbocycles. The molecule has 2 unspecified atom stereocenters. The van der Waals surface area contributed by atoms with Gasteiger partial charge < -0.3 is 15.1 Å². The highest BCUT2D eigenvalue weighted by atomic mass is 16.7. The standard InChI is InChI=1S/C10H13NO3/c1-14-11-9(12)7-5-2-3-6(4-5)8(7)10(11)13/h5-6,12-13H,2-4H2,1H3. The Morgan fingerprint density at radius 3 is 2.07 bits per heavy atom. The molecule has 0 saturated heterocycles. The predicted octanol–water partition coefficient (Wildman–Crippen LogP) is 1.32. The van der Waals surface area contributed by atoms with Crippen molar-refractivity contribution < 1.29 is 15.1 Å². The fourth-order valence-corrected chi connectivity index (χ4v) is 3.04. The van der Waals surface area contributed by atoms with Gasteiger partial charge in [-0.1, -0.05) is 0 Å². The van der Waals surface area contributed by atoms with Crippen molar-refractivity contribution in [3.8, 4) is 11.8 Å². The molecule has 1 fully saturated rings. The van der Waals surface area contributed by atoms with Gasteiger partial charge in [-0.05, 0) is 31.1 Å². The van der Waals surface area contributed by atoms with Gasteiger partial charge in [-0.2, -0.15) is 0 Å². The molecule has 4 heteroatoms. The summed E-state index contributed by atoms with van der Waals surface area (Å²) in [5, 5.41) is 19.7. The first-order chi connectivity index (χ1) is 6.74. The van der Waals surface area contributed by atoms with Gasteiger partial charge in [0, 0.05) is 11.1 Å². The summed E-state index contributed by atoms with van der Waals surface area (Å²) in [6.07, 6.45) is 3.33. The molecule has 1 heterocycles. The second-order valence-electron chi connectivity index (χ2n) is 4.16. The van der Waals surface area contributed by atoms with Gasteiger partial charge in [0.2, 0.25) is 11.8 Å². The SMILES string of the molecule is COn1c(O)c2c(c1O)C1CCC2C1. The second kappa shape index (κ2) is 2.38. The topological polar surface area (TPSA) is 54.6 Å². The Kier molecular flexibility index (Phi) is 1.36. The van der Waals surface area contributed by atoms with Gasteiger partial charge in [0.05, 0.1) is 0 Å². The van der Waals surface area contributed by atoms with Crippen molar-refractivity contribution in [3.05, 3.63) is 11.1 Å². The molecule has 1 saturated carbocycles. The third-order valence-corrected chi connectivity index (χ3v) is 3.59. The maximum Gasteiger partial charge on any atom is 0.233 e. The average molecular weight is 195 g/mol. The van der Waals surface area contributed by atoms with Crippen LogP contribution in [0.15, 0.2) is 0 Å². The van der Waals surface area contributed by atoms with Crippen molar-refractivity contribution in [2.24, 2.45) is 0 Å². The first-order valence-corrected chi connectivity index (χ1v) is 4.95. The number of hydrogen-bond acceptors (Lipinski definition) is 3. The molecular formula is C10H13NO3. The van der Waals surface area contributed by atoms with Crippen LogP contribution in [0.25, 0.3) is 0 Å². The van der Waals surface area contributed by atoms with E-state index in [1.165, 1.54) is 7.11 Å². The monoisotopic (exact) mass is 195 g/mol. The van der Waals surface area contributed by atoms with Crippen LogP contribution in [-0.2, 0) is 0 Å². The van der Waals surface area contributed by atoms with E-state index in [4.69, 9.17) is 4.84 Å². The lowest BCUT2D eigenvalue weighted by molar-refractivity contribution is 0.118. The largest absolute Gasteiger partial charge is 0.492 e. The minimum atomic E-state index is 0.0900. The third-order valence-electron chi connectivity index (χ3n) is 3.59. The second-order valence-corrected chi connectivity index (χ2v) is 4.16. The number of fused-ring (bicyclic) bond motifs is 5. The maximum atomic E-state index is 9.83. The number of rotatable bonds is 1. The number of hydrogen-bond donors (Lipinski definition) is 2. The molecule has 2 atom stereocenters. The molecule has 2 N–H and O–H groups in total. The summed E-state index contributed by atoms with van der Waals surface area (Å²) < 4.78 is 1.12. The minimum Gasteiger partial charge on any atom is -0.492 e. The summed E-state index contributed by atoms with van der Waals surface area (Å²) >= 11 is 0. The predicted molar refractivity (Wildman–Crippen MR) is 49.6 cm³/mol. The Labute approximate surface area is 81.7 Å². The van der Waals surface area contributed by atoms with Gasteiger partial charge in [0.15, 0.2) is 0 Å². The van der Waals surface area contributed by atoms with Crippen molar-refractivity contribution in [2.45, 2.75) is 31.1 Å². The van der Waals surface area contributed by atoms with Gasteiger partial charge >= 0.3 is 0 Å². The van der Waals surface area contributed by atoms with Crippen LogP contribution in [0.2, 0.25) is 0 Å². The van der Waals surface area contributed by atoms with Crippen LogP contribution in [0, 0.1) is 0 Å². The molecule has 0 spiro atoms. The number of aromatic hydroxyl groups is 2. The summed E-state index contributed by atoms with van der Waals surface area (Å²) in [6, 6.07) is 0. The van der Waals surface area contributed by atoms with Gasteiger partial charge in [0.1, 0.15) is 7.11 Å². The molecule has 1 aromatic heterocycles. The number of nitrogens with zero attached hydrogens (tertiary/aromatic N) is 1. The van der Waals surface area contributed by atoms with E-state index < -0.39 is 0 Å². The molecule has 0 radical (unpaired) electrons. The Bertz CT molecular complexity index is 363. The molecule has 1 aromatic rings. The van der Waals surface area contributed by atoms with E-state index in [0.29, 0.717) is 11.8 Å². The smallest absolute Gasteiger partial charge is 0.233 e. The molecule has 2 bridgehead atoms. The molecule has 0 aliphatic heterocycles. The first-order valence-electron chi connectivity index (χ1n) is 4.95. The van der Waals surface area contributed by atoms with Crippen LogP contribution < -0.4 is 4.84 Å². The van der Waals surface area contributed by atoms with Gasteiger partial charge in [-0.15, -0.1) is 4.73 Å². The summed E-state index contributed by atoms with van der Waals surface area (Å²) in [7, 11) is 1.44. The Morgan fingerprint density at radius 1 is 1.14 bits per heavy atom. The van der Waals surface area contributed by atoms with Crippen LogP contribution in [0.4, 0.5) is 0 Å². The lowest BCUT2D eigenvalue weighted by Gasteiger charge is -2.08. The molecule has 2 aliphatic rings. The first kappa shape index (κ1) is 8.03. The molecule has 14 heavy (non-hydrogen) atoms. The fraction of sp³-hybridized carbons (Fsp3) is 0.600. The summed E-state index contributed by atoms with van der Waals surface area (Å²) in [5.74, 6) is 1.04. The zero-order valence-corrected chi connectivity index (χ0v) is 8.03. The van der Waals surface area contributed by atoms with E-state index >= 15 is 0 Å². The van der Waals surface area contributed by atoms with Crippen molar-refractivity contribution in [2.75, 3.05) is 7.11 Å². The Morgan fingerprint density at radius 2 is 1.64 bits per heavy atom. The van der Waals surface area contributed by atoms with E-state index in [1.807, 2.05) is 0 Å². The summed E-state index contributed by atoms with van der Waals surface area (Å²) in [6.45, 7) is 0. The van der Waals surface area contributed by atoms with Crippen LogP contribution in [0.5, 0.6) is 11.8 Å². The molecule has 4 nitrogen and oxygen atoms in total. The van der Waals surface area contributed by atoms with Crippen LogP contribution in [0.1, 0.15) is 42.2 Å². The lowest BCUT2D eigenvalue weighted by atomic mass is 9.95. The van der Waals surface area contributed by atoms with E-state index in [0.717, 1.165) is 35.1 Å². The number of aromatic nitrogens is 1. The third kappa shape index (κ3) is 0.705. The Hall–Kier alpha value is -1.32. The minimum absolute atomic E-state index is 0.0900. The molecule has 2 aliphatic carbocycles. The molecular weight excluding hydrogens is 182 g/mol. The van der Waals surface area contributed by atoms with Crippen LogP contribution in [0.3, 0.4) is 0 Å². The summed E-state index contributed by atoms with van der Waals surface area (Å²) in [4.78, 5) is 4.91. The van der Waals surface area contributed by atoms with E-state index in [2.05, 4.69) is 0 Å². The quantitative estimate of drug-likeness (QED) is 0.710. The Balaban J connectivity index is 2.25. The van der Waals surface area contributed by atoms with Crippen LogP contribution >= 0.6 is 0 Å². The highest BCUT2D eigenvalue weighted by molar-refractivity contribution is 5.54. The highest BCUT2D eigenvalue weighted by Gasteiger charge is 2.44. The lowest BCUT2D eigenvalue weighted by Crippen LogP contribution is -2.04. The van der Waals surface area contributed by atoms with Gasteiger partial charge in [-0.25, -0.2) is 0 Å². The van der Waals surface area contributed by atoms with Crippen molar-refractivity contribution in [3.63, 3.8) is 0 Å². The fourth-order valence-electron chi connectivity index (χ4n) is 3.04. The van der Waals surface area contributed by atoms with E-state index in [1.54, 1.807) is 0 Å². The molecule has 0 amide bonds. The highest BCUT2D eigenvalue weighted by Crippen LogP contribution is 2.59. The van der Waals surface area contributed by atoms with E-state index in [9.17, 15) is 10.2 Å². The zero-order valence-electron chi connectivity index (χ0n) is 8.03. The van der Waals surface area contributed by atoms with Crippen molar-refractivity contribution in [1.82, 2.24) is 4.73 Å². The summed E-state index contributed by atoms with van der Waals surface area (Å²) in [5.41, 5.74) is 1.83. The van der Waals surface area contributed by atoms with E-state index in [-0.39, 0.29) is 11.8 Å². The van der Waals surface area contributed by atoms with Gasteiger partial charge in [-0.3, -0.25) is 0 Å². The van der Waals surface area contributed by atoms with Gasteiger partial charge in [0.25, 0.3) is 0 Å². The van der Waals surface area contributed by atoms with Crippen LogP contribution in [-0.4, -0.2) is 22.1 Å².